The lowest BCUT2D eigenvalue weighted by atomic mass is 9.98. The predicted octanol–water partition coefficient (Wildman–Crippen LogP) is 3.90. The molecule has 3 heteroatoms. The van der Waals surface area contributed by atoms with E-state index in [1.54, 1.807) is 7.11 Å². The Hall–Kier alpha value is -1.51. The fourth-order valence-electron chi connectivity index (χ4n) is 2.10. The first-order valence-corrected chi connectivity index (χ1v) is 6.62. The summed E-state index contributed by atoms with van der Waals surface area (Å²) in [5, 5.41) is 0.742. The van der Waals surface area contributed by atoms with Gasteiger partial charge >= 0.3 is 0 Å². The minimum atomic E-state index is -0.0621. The molecule has 2 rings (SSSR count). The maximum absolute atomic E-state index is 6.25. The van der Waals surface area contributed by atoms with E-state index in [9.17, 15) is 0 Å². The van der Waals surface area contributed by atoms with Gasteiger partial charge in [0.1, 0.15) is 5.75 Å². The first kappa shape index (κ1) is 13.9. The van der Waals surface area contributed by atoms with Crippen molar-refractivity contribution in [1.82, 2.24) is 0 Å². The number of rotatable bonds is 4. The Morgan fingerprint density at radius 3 is 2.68 bits per heavy atom. The van der Waals surface area contributed by atoms with Crippen LogP contribution in [0.4, 0.5) is 0 Å². The van der Waals surface area contributed by atoms with Gasteiger partial charge in [-0.15, -0.1) is 0 Å². The summed E-state index contributed by atoms with van der Waals surface area (Å²) in [6.45, 7) is 2.02. The van der Waals surface area contributed by atoms with Crippen molar-refractivity contribution in [2.45, 2.75) is 19.4 Å². The van der Waals surface area contributed by atoms with Gasteiger partial charge in [-0.1, -0.05) is 35.9 Å². The molecule has 2 nitrogen and oxygen atoms in total. The van der Waals surface area contributed by atoms with Gasteiger partial charge in [0, 0.05) is 11.1 Å². The average Bonchev–Trinajstić information content (AvgIpc) is 2.39. The third-order valence-electron chi connectivity index (χ3n) is 3.20. The van der Waals surface area contributed by atoms with Crippen LogP contribution in [-0.2, 0) is 6.42 Å². The molecule has 0 bridgehead atoms. The molecule has 1 atom stereocenters. The molecular formula is C16H18ClNO. The molecule has 0 aliphatic carbocycles. The second-order valence-electron chi connectivity index (χ2n) is 4.67. The van der Waals surface area contributed by atoms with Crippen molar-refractivity contribution < 1.29 is 4.74 Å². The first-order valence-electron chi connectivity index (χ1n) is 6.24. The highest BCUT2D eigenvalue weighted by atomic mass is 35.5. The van der Waals surface area contributed by atoms with Crippen LogP contribution in [0.2, 0.25) is 5.02 Å². The maximum Gasteiger partial charge on any atom is 0.122 e. The molecule has 2 aromatic carbocycles. The fraction of sp³-hybridized carbons (Fsp3) is 0.250. The Morgan fingerprint density at radius 2 is 2.00 bits per heavy atom. The van der Waals surface area contributed by atoms with Crippen LogP contribution in [0, 0.1) is 6.92 Å². The number of aryl methyl sites for hydroxylation is 1. The van der Waals surface area contributed by atoms with Gasteiger partial charge in [0.15, 0.2) is 0 Å². The highest BCUT2D eigenvalue weighted by Crippen LogP contribution is 2.24. The van der Waals surface area contributed by atoms with E-state index < -0.39 is 0 Å². The third kappa shape index (κ3) is 3.49. The number of hydrogen-bond donors (Lipinski definition) is 1. The lowest BCUT2D eigenvalue weighted by molar-refractivity contribution is 0.410. The highest BCUT2D eigenvalue weighted by molar-refractivity contribution is 6.30. The summed E-state index contributed by atoms with van der Waals surface area (Å²) in [4.78, 5) is 0. The van der Waals surface area contributed by atoms with Gasteiger partial charge in [0.25, 0.3) is 0 Å². The Labute approximate surface area is 119 Å². The van der Waals surface area contributed by atoms with Crippen molar-refractivity contribution >= 4 is 11.6 Å². The monoisotopic (exact) mass is 275 g/mol. The third-order valence-corrected chi connectivity index (χ3v) is 3.44. The Kier molecular flexibility index (Phi) is 4.46. The predicted molar refractivity (Wildman–Crippen MR) is 79.8 cm³/mol. The van der Waals surface area contributed by atoms with E-state index in [4.69, 9.17) is 22.1 Å². The van der Waals surface area contributed by atoms with Crippen molar-refractivity contribution in [2.75, 3.05) is 7.11 Å². The summed E-state index contributed by atoms with van der Waals surface area (Å²) in [5.41, 5.74) is 9.57. The quantitative estimate of drug-likeness (QED) is 0.918. The molecule has 2 N–H and O–H groups in total. The number of methoxy groups -OCH3 is 1. The van der Waals surface area contributed by atoms with Gasteiger partial charge in [-0.2, -0.15) is 0 Å². The SMILES string of the molecule is COc1cc(C(N)Cc2cccc(Cl)c2)ccc1C. The first-order chi connectivity index (χ1) is 9.10. The van der Waals surface area contributed by atoms with E-state index in [-0.39, 0.29) is 6.04 Å². The zero-order valence-electron chi connectivity index (χ0n) is 11.2. The average molecular weight is 276 g/mol. The largest absolute Gasteiger partial charge is 0.496 e. The summed E-state index contributed by atoms with van der Waals surface area (Å²) < 4.78 is 5.33. The van der Waals surface area contributed by atoms with Gasteiger partial charge in [-0.05, 0) is 48.2 Å². The van der Waals surface area contributed by atoms with E-state index in [0.29, 0.717) is 0 Å². The van der Waals surface area contributed by atoms with Crippen LogP contribution in [0.5, 0.6) is 5.75 Å². The van der Waals surface area contributed by atoms with Crippen molar-refractivity contribution in [3.8, 4) is 5.75 Å². The molecule has 0 aromatic heterocycles. The number of hydrogen-bond acceptors (Lipinski definition) is 2. The molecule has 0 radical (unpaired) electrons. The molecular weight excluding hydrogens is 258 g/mol. The van der Waals surface area contributed by atoms with E-state index >= 15 is 0 Å². The van der Waals surface area contributed by atoms with Crippen LogP contribution >= 0.6 is 11.6 Å². The second-order valence-corrected chi connectivity index (χ2v) is 5.11. The molecule has 0 fully saturated rings. The van der Waals surface area contributed by atoms with E-state index in [1.807, 2.05) is 49.4 Å². The standard InChI is InChI=1S/C16H18ClNO/c1-11-6-7-13(10-16(11)19-2)15(18)9-12-4-3-5-14(17)8-12/h3-8,10,15H,9,18H2,1-2H3. The van der Waals surface area contributed by atoms with Gasteiger partial charge in [0.2, 0.25) is 0 Å². The van der Waals surface area contributed by atoms with E-state index in [2.05, 4.69) is 0 Å². The van der Waals surface area contributed by atoms with Gasteiger partial charge < -0.3 is 10.5 Å². The van der Waals surface area contributed by atoms with E-state index in [0.717, 1.165) is 33.9 Å². The topological polar surface area (TPSA) is 35.2 Å². The highest BCUT2D eigenvalue weighted by Gasteiger charge is 2.09. The molecule has 100 valence electrons. The lowest BCUT2D eigenvalue weighted by Crippen LogP contribution is -2.13. The summed E-state index contributed by atoms with van der Waals surface area (Å²) in [6.07, 6.45) is 0.757. The molecule has 0 saturated carbocycles. The van der Waals surface area contributed by atoms with Crippen molar-refractivity contribution in [3.63, 3.8) is 0 Å². The van der Waals surface area contributed by atoms with E-state index in [1.165, 1.54) is 0 Å². The number of nitrogens with two attached hydrogens (primary N) is 1. The molecule has 2 aromatic rings. The molecule has 19 heavy (non-hydrogen) atoms. The Bertz CT molecular complexity index is 568. The normalized spacial score (nSPS) is 12.2. The Morgan fingerprint density at radius 1 is 1.21 bits per heavy atom. The van der Waals surface area contributed by atoms with Gasteiger partial charge in [0.05, 0.1) is 7.11 Å². The lowest BCUT2D eigenvalue weighted by Gasteiger charge is -2.14. The summed E-state index contributed by atoms with van der Waals surface area (Å²) in [6, 6.07) is 13.8. The van der Waals surface area contributed by atoms with Crippen molar-refractivity contribution in [3.05, 3.63) is 64.2 Å². The molecule has 0 aliphatic rings. The van der Waals surface area contributed by atoms with Crippen LogP contribution in [-0.4, -0.2) is 7.11 Å². The molecule has 0 amide bonds. The molecule has 0 aliphatic heterocycles. The van der Waals surface area contributed by atoms with Crippen molar-refractivity contribution in [1.29, 1.82) is 0 Å². The van der Waals surface area contributed by atoms with Gasteiger partial charge in [-0.25, -0.2) is 0 Å². The van der Waals surface area contributed by atoms with Crippen molar-refractivity contribution in [2.24, 2.45) is 5.73 Å². The van der Waals surface area contributed by atoms with Crippen LogP contribution < -0.4 is 10.5 Å². The molecule has 1 unspecified atom stereocenters. The molecule has 0 heterocycles. The summed E-state index contributed by atoms with van der Waals surface area (Å²) in [7, 11) is 1.68. The van der Waals surface area contributed by atoms with Gasteiger partial charge in [-0.3, -0.25) is 0 Å². The van der Waals surface area contributed by atoms with Crippen LogP contribution in [0.25, 0.3) is 0 Å². The summed E-state index contributed by atoms with van der Waals surface area (Å²) in [5.74, 6) is 0.874. The second kappa shape index (κ2) is 6.09. The minimum Gasteiger partial charge on any atom is -0.496 e. The molecule has 0 spiro atoms. The van der Waals surface area contributed by atoms with Crippen LogP contribution in [0.3, 0.4) is 0 Å². The van der Waals surface area contributed by atoms with Crippen LogP contribution in [0.1, 0.15) is 22.7 Å². The Balaban J connectivity index is 2.18. The smallest absolute Gasteiger partial charge is 0.122 e. The zero-order chi connectivity index (χ0) is 13.8. The number of ether oxygens (including phenoxy) is 1. The van der Waals surface area contributed by atoms with Crippen LogP contribution in [0.15, 0.2) is 42.5 Å². The zero-order valence-corrected chi connectivity index (χ0v) is 11.9. The number of benzene rings is 2. The maximum atomic E-state index is 6.25. The number of halogens is 1. The fourth-order valence-corrected chi connectivity index (χ4v) is 2.32. The minimum absolute atomic E-state index is 0.0621. The molecule has 0 saturated heterocycles. The summed E-state index contributed by atoms with van der Waals surface area (Å²) >= 11 is 5.98.